The van der Waals surface area contributed by atoms with Gasteiger partial charge in [0, 0.05) is 23.9 Å². The standard InChI is InChI=1S/C20H25N3O4/c1-23(14-20(25)22-16-8-6-9-17(11-16)26-2)13-19(24)21-12-15-7-4-5-10-18(15)27-3/h4-11H,12-14H2,1-3H3,(H,21,24)(H,22,25). The summed E-state index contributed by atoms with van der Waals surface area (Å²) in [7, 11) is 4.88. The molecule has 2 N–H and O–H groups in total. The first kappa shape index (κ1) is 20.3. The van der Waals surface area contributed by atoms with Gasteiger partial charge in [-0.1, -0.05) is 24.3 Å². The molecule has 0 fully saturated rings. The molecule has 0 heterocycles. The minimum absolute atomic E-state index is 0.0965. The van der Waals surface area contributed by atoms with Crippen LogP contribution in [-0.2, 0) is 16.1 Å². The number of ether oxygens (including phenoxy) is 2. The zero-order valence-corrected chi connectivity index (χ0v) is 15.8. The Balaban J connectivity index is 1.77. The molecule has 0 spiro atoms. The van der Waals surface area contributed by atoms with E-state index in [1.165, 1.54) is 0 Å². The third kappa shape index (κ3) is 6.63. The largest absolute Gasteiger partial charge is 0.497 e. The fourth-order valence-corrected chi connectivity index (χ4v) is 2.55. The lowest BCUT2D eigenvalue weighted by Gasteiger charge is -2.16. The van der Waals surface area contributed by atoms with Crippen LogP contribution >= 0.6 is 0 Å². The average molecular weight is 371 g/mol. The topological polar surface area (TPSA) is 79.9 Å². The first-order valence-electron chi connectivity index (χ1n) is 8.53. The number of carbonyl (C=O) groups is 2. The second-order valence-electron chi connectivity index (χ2n) is 6.04. The predicted molar refractivity (Wildman–Crippen MR) is 104 cm³/mol. The van der Waals surface area contributed by atoms with Crippen molar-refractivity contribution < 1.29 is 19.1 Å². The third-order valence-corrected chi connectivity index (χ3v) is 3.85. The molecule has 0 saturated carbocycles. The molecular weight excluding hydrogens is 346 g/mol. The first-order valence-corrected chi connectivity index (χ1v) is 8.53. The Bertz CT molecular complexity index is 779. The van der Waals surface area contributed by atoms with Crippen LogP contribution in [0.2, 0.25) is 0 Å². The van der Waals surface area contributed by atoms with Gasteiger partial charge in [-0.15, -0.1) is 0 Å². The molecule has 0 aromatic heterocycles. The van der Waals surface area contributed by atoms with Gasteiger partial charge in [0.05, 0.1) is 27.3 Å². The zero-order chi connectivity index (χ0) is 19.6. The highest BCUT2D eigenvalue weighted by Gasteiger charge is 2.12. The van der Waals surface area contributed by atoms with Gasteiger partial charge in [0.2, 0.25) is 11.8 Å². The van der Waals surface area contributed by atoms with Crippen LogP contribution in [-0.4, -0.2) is 51.1 Å². The number of amides is 2. The molecule has 0 atom stereocenters. The number of para-hydroxylation sites is 1. The van der Waals surface area contributed by atoms with Crippen molar-refractivity contribution in [3.63, 3.8) is 0 Å². The maximum absolute atomic E-state index is 12.1. The minimum atomic E-state index is -0.205. The number of anilines is 1. The number of methoxy groups -OCH3 is 2. The van der Waals surface area contributed by atoms with Gasteiger partial charge in [0.1, 0.15) is 11.5 Å². The maximum atomic E-state index is 12.1. The van der Waals surface area contributed by atoms with Gasteiger partial charge >= 0.3 is 0 Å². The van der Waals surface area contributed by atoms with E-state index in [2.05, 4.69) is 10.6 Å². The lowest BCUT2D eigenvalue weighted by atomic mass is 10.2. The summed E-state index contributed by atoms with van der Waals surface area (Å²) >= 11 is 0. The summed E-state index contributed by atoms with van der Waals surface area (Å²) in [5, 5.41) is 5.62. The van der Waals surface area contributed by atoms with E-state index in [1.807, 2.05) is 24.3 Å². The van der Waals surface area contributed by atoms with Gasteiger partial charge in [-0.2, -0.15) is 0 Å². The van der Waals surface area contributed by atoms with E-state index in [0.29, 0.717) is 18.0 Å². The SMILES string of the molecule is COc1cccc(NC(=O)CN(C)CC(=O)NCc2ccccc2OC)c1. The van der Waals surface area contributed by atoms with Crippen molar-refractivity contribution in [2.75, 3.05) is 39.7 Å². The first-order chi connectivity index (χ1) is 13.0. The molecule has 0 aliphatic heterocycles. The number of likely N-dealkylation sites (N-methyl/N-ethyl adjacent to an activating group) is 1. The van der Waals surface area contributed by atoms with Crippen LogP contribution in [0.3, 0.4) is 0 Å². The average Bonchev–Trinajstić information content (AvgIpc) is 2.66. The molecule has 0 aliphatic rings. The number of nitrogens with zero attached hydrogens (tertiary/aromatic N) is 1. The van der Waals surface area contributed by atoms with Crippen LogP contribution in [0.5, 0.6) is 11.5 Å². The van der Waals surface area contributed by atoms with Crippen molar-refractivity contribution in [2.45, 2.75) is 6.54 Å². The zero-order valence-electron chi connectivity index (χ0n) is 15.8. The van der Waals surface area contributed by atoms with Crippen molar-refractivity contribution in [1.82, 2.24) is 10.2 Å². The molecule has 0 unspecified atom stereocenters. The molecule has 7 heteroatoms. The van der Waals surface area contributed by atoms with Gasteiger partial charge in [-0.3, -0.25) is 14.5 Å². The van der Waals surface area contributed by atoms with E-state index in [-0.39, 0.29) is 24.9 Å². The summed E-state index contributed by atoms with van der Waals surface area (Å²) in [6.45, 7) is 0.576. The molecule has 2 amide bonds. The van der Waals surface area contributed by atoms with Gasteiger partial charge in [0.15, 0.2) is 0 Å². The number of benzene rings is 2. The van der Waals surface area contributed by atoms with Gasteiger partial charge in [-0.05, 0) is 25.2 Å². The van der Waals surface area contributed by atoms with Crippen molar-refractivity contribution >= 4 is 17.5 Å². The Morgan fingerprint density at radius 2 is 1.70 bits per heavy atom. The fourth-order valence-electron chi connectivity index (χ4n) is 2.55. The molecule has 7 nitrogen and oxygen atoms in total. The van der Waals surface area contributed by atoms with Crippen LogP contribution in [0, 0.1) is 0 Å². The number of hydrogen-bond donors (Lipinski definition) is 2. The summed E-state index contributed by atoms with van der Waals surface area (Å²) in [5.41, 5.74) is 1.54. The molecule has 0 radical (unpaired) electrons. The number of hydrogen-bond acceptors (Lipinski definition) is 5. The monoisotopic (exact) mass is 371 g/mol. The van der Waals surface area contributed by atoms with E-state index in [9.17, 15) is 9.59 Å². The molecule has 27 heavy (non-hydrogen) atoms. The Hall–Kier alpha value is -3.06. The quantitative estimate of drug-likeness (QED) is 0.704. The van der Waals surface area contributed by atoms with Crippen LogP contribution in [0.25, 0.3) is 0 Å². The Kier molecular flexibility index (Phi) is 7.63. The predicted octanol–water partition coefficient (Wildman–Crippen LogP) is 1.89. The van der Waals surface area contributed by atoms with Gasteiger partial charge < -0.3 is 20.1 Å². The van der Waals surface area contributed by atoms with Crippen molar-refractivity contribution in [1.29, 1.82) is 0 Å². The second kappa shape index (κ2) is 10.2. The van der Waals surface area contributed by atoms with Gasteiger partial charge in [-0.25, -0.2) is 0 Å². The van der Waals surface area contributed by atoms with Crippen molar-refractivity contribution in [3.05, 3.63) is 54.1 Å². The lowest BCUT2D eigenvalue weighted by Crippen LogP contribution is -2.38. The maximum Gasteiger partial charge on any atom is 0.238 e. The van der Waals surface area contributed by atoms with Crippen LogP contribution in [0.1, 0.15) is 5.56 Å². The third-order valence-electron chi connectivity index (χ3n) is 3.85. The molecule has 2 aromatic rings. The normalized spacial score (nSPS) is 10.4. The van der Waals surface area contributed by atoms with Crippen LogP contribution < -0.4 is 20.1 Å². The molecule has 2 aromatic carbocycles. The number of nitrogens with one attached hydrogen (secondary N) is 2. The summed E-state index contributed by atoms with van der Waals surface area (Å²) in [6, 6.07) is 14.6. The molecule has 0 aliphatic carbocycles. The van der Waals surface area contributed by atoms with E-state index in [0.717, 1.165) is 11.3 Å². The van der Waals surface area contributed by atoms with E-state index in [4.69, 9.17) is 9.47 Å². The van der Waals surface area contributed by atoms with Crippen LogP contribution in [0.15, 0.2) is 48.5 Å². The van der Waals surface area contributed by atoms with E-state index >= 15 is 0 Å². The lowest BCUT2D eigenvalue weighted by molar-refractivity contribution is -0.123. The fraction of sp³-hybridized carbons (Fsp3) is 0.300. The highest BCUT2D eigenvalue weighted by atomic mass is 16.5. The molecule has 144 valence electrons. The molecule has 0 saturated heterocycles. The Morgan fingerprint density at radius 3 is 2.44 bits per heavy atom. The summed E-state index contributed by atoms with van der Waals surface area (Å²) in [6.07, 6.45) is 0. The van der Waals surface area contributed by atoms with Crippen LogP contribution in [0.4, 0.5) is 5.69 Å². The second-order valence-corrected chi connectivity index (χ2v) is 6.04. The Labute approximate surface area is 159 Å². The summed E-state index contributed by atoms with van der Waals surface area (Å²) < 4.78 is 10.4. The minimum Gasteiger partial charge on any atom is -0.497 e. The summed E-state index contributed by atoms with van der Waals surface area (Å²) in [4.78, 5) is 25.9. The van der Waals surface area contributed by atoms with Crippen molar-refractivity contribution in [2.24, 2.45) is 0 Å². The molecule has 0 bridgehead atoms. The number of rotatable bonds is 9. The Morgan fingerprint density at radius 1 is 0.963 bits per heavy atom. The van der Waals surface area contributed by atoms with E-state index in [1.54, 1.807) is 50.4 Å². The summed E-state index contributed by atoms with van der Waals surface area (Å²) in [5.74, 6) is 1.02. The van der Waals surface area contributed by atoms with Gasteiger partial charge in [0.25, 0.3) is 0 Å². The highest BCUT2D eigenvalue weighted by Crippen LogP contribution is 2.17. The molecule has 2 rings (SSSR count). The highest BCUT2D eigenvalue weighted by molar-refractivity contribution is 5.92. The number of carbonyl (C=O) groups excluding carboxylic acids is 2. The van der Waals surface area contributed by atoms with Crippen molar-refractivity contribution in [3.8, 4) is 11.5 Å². The molecular formula is C20H25N3O4. The van der Waals surface area contributed by atoms with E-state index < -0.39 is 0 Å². The smallest absolute Gasteiger partial charge is 0.238 e.